The van der Waals surface area contributed by atoms with E-state index in [9.17, 15) is 4.79 Å². The summed E-state index contributed by atoms with van der Waals surface area (Å²) >= 11 is 1.44. The number of hydrogen-bond donors (Lipinski definition) is 2. The average molecular weight is 406 g/mol. The van der Waals surface area contributed by atoms with E-state index in [2.05, 4.69) is 30.6 Å². The van der Waals surface area contributed by atoms with E-state index < -0.39 is 0 Å². The number of carbonyl (C=O) groups is 1. The van der Waals surface area contributed by atoms with Crippen LogP contribution >= 0.6 is 11.3 Å². The summed E-state index contributed by atoms with van der Waals surface area (Å²) in [6, 6.07) is 9.31. The maximum Gasteiger partial charge on any atom is 0.271 e. The molecule has 1 amide bonds. The molecule has 29 heavy (non-hydrogen) atoms. The molecular weight excluding hydrogens is 388 g/mol. The van der Waals surface area contributed by atoms with E-state index in [1.54, 1.807) is 31.8 Å². The Balaban J connectivity index is 1.50. The lowest BCUT2D eigenvalue weighted by atomic mass is 10.2. The van der Waals surface area contributed by atoms with Gasteiger partial charge in [-0.05, 0) is 28.6 Å². The minimum absolute atomic E-state index is 0.252. The number of hydrogen-bond acceptors (Lipinski definition) is 8. The Labute approximate surface area is 171 Å². The second kappa shape index (κ2) is 8.61. The number of fused-ring (bicyclic) bond motifs is 1. The van der Waals surface area contributed by atoms with Gasteiger partial charge in [0.2, 0.25) is 11.8 Å². The molecule has 146 valence electrons. The molecule has 4 aromatic heterocycles. The number of nitrogens with zero attached hydrogens (tertiary/aromatic N) is 4. The van der Waals surface area contributed by atoms with Gasteiger partial charge >= 0.3 is 0 Å². The van der Waals surface area contributed by atoms with Crippen LogP contribution in [0.5, 0.6) is 5.88 Å². The van der Waals surface area contributed by atoms with Gasteiger partial charge in [0.25, 0.3) is 5.91 Å². The van der Waals surface area contributed by atoms with Crippen LogP contribution in [0, 0.1) is 0 Å². The molecule has 2 N–H and O–H groups in total. The van der Waals surface area contributed by atoms with E-state index in [-0.39, 0.29) is 5.91 Å². The second-order valence-electron chi connectivity index (χ2n) is 6.14. The van der Waals surface area contributed by atoms with Gasteiger partial charge in [-0.3, -0.25) is 9.78 Å². The van der Waals surface area contributed by atoms with Crippen LogP contribution in [0.15, 0.2) is 54.3 Å². The fourth-order valence-corrected chi connectivity index (χ4v) is 3.50. The van der Waals surface area contributed by atoms with Crippen LogP contribution in [0.3, 0.4) is 0 Å². The summed E-state index contributed by atoms with van der Waals surface area (Å²) in [6.07, 6.45) is 5.13. The summed E-state index contributed by atoms with van der Waals surface area (Å²) in [5.74, 6) is 0.688. The molecule has 0 aliphatic rings. The first-order valence-corrected chi connectivity index (χ1v) is 9.76. The SMILES string of the molecule is COc1ccc(CNc2nc(C(=O)NCc3cccnc3)c3sccc3n2)cn1. The molecule has 0 aliphatic heterocycles. The summed E-state index contributed by atoms with van der Waals surface area (Å²) in [7, 11) is 1.57. The summed E-state index contributed by atoms with van der Waals surface area (Å²) in [5.41, 5.74) is 2.95. The smallest absolute Gasteiger partial charge is 0.271 e. The van der Waals surface area contributed by atoms with Crippen molar-refractivity contribution in [2.24, 2.45) is 0 Å². The molecule has 4 rings (SSSR count). The quantitative estimate of drug-likeness (QED) is 0.486. The Kier molecular flexibility index (Phi) is 5.57. The van der Waals surface area contributed by atoms with Crippen LogP contribution in [0.1, 0.15) is 21.6 Å². The topological polar surface area (TPSA) is 102 Å². The lowest BCUT2D eigenvalue weighted by Gasteiger charge is -2.09. The zero-order valence-electron chi connectivity index (χ0n) is 15.6. The number of carbonyl (C=O) groups excluding carboxylic acids is 1. The van der Waals surface area contributed by atoms with Crippen molar-refractivity contribution in [3.05, 3.63) is 71.1 Å². The van der Waals surface area contributed by atoms with Crippen LogP contribution in [0.2, 0.25) is 0 Å². The Morgan fingerprint density at radius 2 is 2.00 bits per heavy atom. The number of pyridine rings is 2. The highest BCUT2D eigenvalue weighted by Crippen LogP contribution is 2.24. The van der Waals surface area contributed by atoms with Crippen LogP contribution in [-0.4, -0.2) is 33.0 Å². The standard InChI is InChI=1S/C20H18N6O2S/c1-28-16-5-4-14(10-22-16)12-24-20-25-15-6-8-29-18(15)17(26-20)19(27)23-11-13-3-2-7-21-9-13/h2-10H,11-12H2,1H3,(H,23,27)(H,24,25,26). The Bertz CT molecular complexity index is 1110. The molecule has 0 spiro atoms. The third-order valence-electron chi connectivity index (χ3n) is 4.15. The highest BCUT2D eigenvalue weighted by Gasteiger charge is 2.16. The molecule has 0 unspecified atom stereocenters. The number of anilines is 1. The fraction of sp³-hybridized carbons (Fsp3) is 0.150. The molecule has 0 aromatic carbocycles. The summed E-state index contributed by atoms with van der Waals surface area (Å²) in [6.45, 7) is 0.854. The van der Waals surface area contributed by atoms with E-state index in [4.69, 9.17) is 4.74 Å². The number of rotatable bonds is 7. The van der Waals surface area contributed by atoms with Gasteiger partial charge in [-0.25, -0.2) is 15.0 Å². The van der Waals surface area contributed by atoms with Crippen molar-refractivity contribution in [3.63, 3.8) is 0 Å². The number of thiophene rings is 1. The predicted molar refractivity (Wildman–Crippen MR) is 111 cm³/mol. The van der Waals surface area contributed by atoms with Crippen molar-refractivity contribution in [2.45, 2.75) is 13.1 Å². The van der Waals surface area contributed by atoms with Gasteiger partial charge in [0.05, 0.1) is 17.3 Å². The molecule has 9 heteroatoms. The minimum Gasteiger partial charge on any atom is -0.481 e. The van der Waals surface area contributed by atoms with Gasteiger partial charge in [-0.2, -0.15) is 0 Å². The maximum atomic E-state index is 12.8. The molecule has 0 atom stereocenters. The highest BCUT2D eigenvalue weighted by molar-refractivity contribution is 7.17. The van der Waals surface area contributed by atoms with Crippen molar-refractivity contribution in [2.75, 3.05) is 12.4 Å². The van der Waals surface area contributed by atoms with Crippen molar-refractivity contribution < 1.29 is 9.53 Å². The molecule has 0 fully saturated rings. The van der Waals surface area contributed by atoms with Crippen LogP contribution in [0.4, 0.5) is 5.95 Å². The van der Waals surface area contributed by atoms with Gasteiger partial charge in [-0.15, -0.1) is 11.3 Å². The van der Waals surface area contributed by atoms with Gasteiger partial charge < -0.3 is 15.4 Å². The lowest BCUT2D eigenvalue weighted by Crippen LogP contribution is -2.24. The normalized spacial score (nSPS) is 10.7. The monoisotopic (exact) mass is 406 g/mol. The molecule has 0 bridgehead atoms. The van der Waals surface area contributed by atoms with E-state index in [1.165, 1.54) is 11.3 Å². The third-order valence-corrected chi connectivity index (χ3v) is 5.06. The molecule has 0 saturated carbocycles. The van der Waals surface area contributed by atoms with Crippen molar-refractivity contribution in [1.29, 1.82) is 0 Å². The first kappa shape index (κ1) is 18.8. The van der Waals surface area contributed by atoms with E-state index in [1.807, 2.05) is 29.6 Å². The van der Waals surface area contributed by atoms with E-state index in [0.29, 0.717) is 30.6 Å². The maximum absolute atomic E-state index is 12.8. The van der Waals surface area contributed by atoms with Gasteiger partial charge in [0.1, 0.15) is 0 Å². The molecule has 4 heterocycles. The number of aromatic nitrogens is 4. The molecular formula is C20H18N6O2S. The average Bonchev–Trinajstić information content (AvgIpc) is 3.25. The minimum atomic E-state index is -0.252. The predicted octanol–water partition coefficient (Wildman–Crippen LogP) is 3.03. The third kappa shape index (κ3) is 4.46. The Morgan fingerprint density at radius 1 is 1.10 bits per heavy atom. The second-order valence-corrected chi connectivity index (χ2v) is 7.05. The molecule has 0 radical (unpaired) electrons. The first-order valence-electron chi connectivity index (χ1n) is 8.88. The van der Waals surface area contributed by atoms with Crippen molar-refractivity contribution in [3.8, 4) is 5.88 Å². The number of ether oxygens (including phenoxy) is 1. The van der Waals surface area contributed by atoms with Crippen LogP contribution < -0.4 is 15.4 Å². The van der Waals surface area contributed by atoms with Crippen LogP contribution in [-0.2, 0) is 13.1 Å². The highest BCUT2D eigenvalue weighted by atomic mass is 32.1. The number of amides is 1. The summed E-state index contributed by atoms with van der Waals surface area (Å²) < 4.78 is 5.82. The van der Waals surface area contributed by atoms with Gasteiger partial charge in [-0.1, -0.05) is 12.1 Å². The lowest BCUT2D eigenvalue weighted by molar-refractivity contribution is 0.0948. The van der Waals surface area contributed by atoms with Gasteiger partial charge in [0, 0.05) is 37.7 Å². The largest absolute Gasteiger partial charge is 0.481 e. The van der Waals surface area contributed by atoms with Crippen molar-refractivity contribution >= 4 is 33.4 Å². The first-order chi connectivity index (χ1) is 14.2. The molecule has 8 nitrogen and oxygen atoms in total. The molecule has 0 aliphatic carbocycles. The summed E-state index contributed by atoms with van der Waals surface area (Å²) in [4.78, 5) is 29.9. The number of nitrogens with one attached hydrogen (secondary N) is 2. The van der Waals surface area contributed by atoms with E-state index in [0.717, 1.165) is 21.3 Å². The zero-order chi connectivity index (χ0) is 20.1. The number of methoxy groups -OCH3 is 1. The van der Waals surface area contributed by atoms with E-state index >= 15 is 0 Å². The zero-order valence-corrected chi connectivity index (χ0v) is 16.4. The molecule has 0 saturated heterocycles. The Morgan fingerprint density at radius 3 is 2.76 bits per heavy atom. The summed E-state index contributed by atoms with van der Waals surface area (Å²) in [5, 5.41) is 7.95. The Hall–Kier alpha value is -3.59. The van der Waals surface area contributed by atoms with Crippen molar-refractivity contribution in [1.82, 2.24) is 25.3 Å². The van der Waals surface area contributed by atoms with Crippen LogP contribution in [0.25, 0.3) is 10.2 Å². The molecule has 4 aromatic rings. The fourth-order valence-electron chi connectivity index (χ4n) is 2.68. The van der Waals surface area contributed by atoms with Gasteiger partial charge in [0.15, 0.2) is 5.69 Å².